The Morgan fingerprint density at radius 1 is 1.47 bits per heavy atom. The topological polar surface area (TPSA) is 44.7 Å². The average molecular weight is 270 g/mol. The van der Waals surface area contributed by atoms with Crippen molar-refractivity contribution in [2.45, 2.75) is 50.7 Å². The average Bonchev–Trinajstić information content (AvgIpc) is 3.23. The number of methoxy groups -OCH3 is 1. The molecule has 2 rings (SSSR count). The van der Waals surface area contributed by atoms with E-state index >= 15 is 0 Å². The highest BCUT2D eigenvalue weighted by molar-refractivity contribution is 5.03. The minimum absolute atomic E-state index is 0.0186. The fourth-order valence-corrected chi connectivity index (χ4v) is 3.56. The molecule has 19 heavy (non-hydrogen) atoms. The molecule has 4 heteroatoms. The third-order valence-corrected chi connectivity index (χ3v) is 4.91. The summed E-state index contributed by atoms with van der Waals surface area (Å²) < 4.78 is 5.67. The summed E-state index contributed by atoms with van der Waals surface area (Å²) in [6.45, 7) is 8.54. The third-order valence-electron chi connectivity index (χ3n) is 4.91. The van der Waals surface area contributed by atoms with Crippen LogP contribution in [0.1, 0.15) is 39.5 Å². The minimum atomic E-state index is -0.0965. The number of hydrogen-bond acceptors (Lipinski definition) is 4. The SMILES string of the molecule is CCNC(CO)(CN1CCCC(C)(OC)C1)C1CC1. The highest BCUT2D eigenvalue weighted by atomic mass is 16.5. The van der Waals surface area contributed by atoms with E-state index in [2.05, 4.69) is 24.1 Å². The molecule has 1 saturated heterocycles. The lowest BCUT2D eigenvalue weighted by atomic mass is 9.89. The molecule has 0 aromatic rings. The van der Waals surface area contributed by atoms with E-state index in [1.54, 1.807) is 0 Å². The number of piperidine rings is 1. The second kappa shape index (κ2) is 6.08. The van der Waals surface area contributed by atoms with Crippen LogP contribution in [0, 0.1) is 5.92 Å². The van der Waals surface area contributed by atoms with Gasteiger partial charge in [-0.1, -0.05) is 6.92 Å². The van der Waals surface area contributed by atoms with E-state index < -0.39 is 0 Å². The maximum absolute atomic E-state index is 9.92. The predicted octanol–water partition coefficient (Wildman–Crippen LogP) is 1.24. The van der Waals surface area contributed by atoms with Gasteiger partial charge in [0.2, 0.25) is 0 Å². The molecule has 0 aromatic heterocycles. The van der Waals surface area contributed by atoms with Crippen LogP contribution in [0.2, 0.25) is 0 Å². The van der Waals surface area contributed by atoms with Gasteiger partial charge in [-0.25, -0.2) is 0 Å². The summed E-state index contributed by atoms with van der Waals surface area (Å²) in [7, 11) is 1.81. The van der Waals surface area contributed by atoms with E-state index in [0.717, 1.165) is 32.6 Å². The van der Waals surface area contributed by atoms with Gasteiger partial charge in [0.15, 0.2) is 0 Å². The summed E-state index contributed by atoms with van der Waals surface area (Å²) in [5.74, 6) is 0.646. The monoisotopic (exact) mass is 270 g/mol. The van der Waals surface area contributed by atoms with Crippen LogP contribution < -0.4 is 5.32 Å². The molecule has 2 atom stereocenters. The lowest BCUT2D eigenvalue weighted by Crippen LogP contribution is -2.60. The Balaban J connectivity index is 2.00. The Bertz CT molecular complexity index is 296. The van der Waals surface area contributed by atoms with Crippen LogP contribution in [-0.2, 0) is 4.74 Å². The Morgan fingerprint density at radius 3 is 2.74 bits per heavy atom. The number of likely N-dealkylation sites (N-methyl/N-ethyl adjacent to an activating group) is 1. The Kier molecular flexibility index (Phi) is 4.88. The van der Waals surface area contributed by atoms with Crippen molar-refractivity contribution >= 4 is 0 Å². The molecule has 0 amide bonds. The van der Waals surface area contributed by atoms with Gasteiger partial charge in [0.05, 0.1) is 17.7 Å². The zero-order valence-electron chi connectivity index (χ0n) is 12.7. The molecule has 2 N–H and O–H groups in total. The van der Waals surface area contributed by atoms with Crippen molar-refractivity contribution in [1.29, 1.82) is 0 Å². The maximum atomic E-state index is 9.92. The summed E-state index contributed by atoms with van der Waals surface area (Å²) in [6.07, 6.45) is 4.82. The van der Waals surface area contributed by atoms with Crippen LogP contribution >= 0.6 is 0 Å². The highest BCUT2D eigenvalue weighted by Crippen LogP contribution is 2.40. The minimum Gasteiger partial charge on any atom is -0.394 e. The standard InChI is InChI=1S/C15H30N2O2/c1-4-16-15(12-18,13-6-7-13)11-17-9-5-8-14(2,10-17)19-3/h13,16,18H,4-12H2,1-3H3. The largest absolute Gasteiger partial charge is 0.394 e. The molecule has 2 unspecified atom stereocenters. The van der Waals surface area contributed by atoms with E-state index in [1.165, 1.54) is 19.3 Å². The van der Waals surface area contributed by atoms with Gasteiger partial charge >= 0.3 is 0 Å². The molecular weight excluding hydrogens is 240 g/mol. The normalized spacial score (nSPS) is 32.2. The van der Waals surface area contributed by atoms with Crippen LogP contribution in [0.5, 0.6) is 0 Å². The van der Waals surface area contributed by atoms with Gasteiger partial charge in [-0.3, -0.25) is 4.90 Å². The molecule has 0 spiro atoms. The van der Waals surface area contributed by atoms with Crippen molar-refractivity contribution in [2.75, 3.05) is 39.9 Å². The predicted molar refractivity (Wildman–Crippen MR) is 77.3 cm³/mol. The number of hydrogen-bond donors (Lipinski definition) is 2. The molecule has 2 aliphatic rings. The number of nitrogens with zero attached hydrogens (tertiary/aromatic N) is 1. The Morgan fingerprint density at radius 2 is 2.21 bits per heavy atom. The van der Waals surface area contributed by atoms with Crippen molar-refractivity contribution in [3.05, 3.63) is 0 Å². The van der Waals surface area contributed by atoms with Gasteiger partial charge < -0.3 is 15.2 Å². The molecule has 4 nitrogen and oxygen atoms in total. The van der Waals surface area contributed by atoms with Crippen molar-refractivity contribution in [3.8, 4) is 0 Å². The number of nitrogens with one attached hydrogen (secondary N) is 1. The van der Waals surface area contributed by atoms with Gasteiger partial charge in [0, 0.05) is 20.2 Å². The van der Waals surface area contributed by atoms with E-state index in [9.17, 15) is 5.11 Å². The van der Waals surface area contributed by atoms with Crippen molar-refractivity contribution < 1.29 is 9.84 Å². The summed E-state index contributed by atoms with van der Waals surface area (Å²) in [4.78, 5) is 2.48. The van der Waals surface area contributed by atoms with Crippen molar-refractivity contribution in [3.63, 3.8) is 0 Å². The van der Waals surface area contributed by atoms with E-state index in [0.29, 0.717) is 5.92 Å². The number of aliphatic hydroxyl groups excluding tert-OH is 1. The number of ether oxygens (including phenoxy) is 1. The van der Waals surface area contributed by atoms with Crippen LogP contribution in [0.3, 0.4) is 0 Å². The zero-order chi connectivity index (χ0) is 13.9. The van der Waals surface area contributed by atoms with Gasteiger partial charge in [-0.05, 0) is 51.6 Å². The summed E-state index contributed by atoms with van der Waals surface area (Å²) in [5.41, 5.74) is -0.115. The first-order valence-corrected chi connectivity index (χ1v) is 7.71. The van der Waals surface area contributed by atoms with Crippen molar-refractivity contribution in [2.24, 2.45) is 5.92 Å². The maximum Gasteiger partial charge on any atom is 0.0777 e. The molecule has 1 aliphatic heterocycles. The van der Waals surface area contributed by atoms with Gasteiger partial charge in [0.1, 0.15) is 0 Å². The fraction of sp³-hybridized carbons (Fsp3) is 1.00. The molecule has 1 heterocycles. The molecule has 1 aliphatic carbocycles. The molecule has 112 valence electrons. The van der Waals surface area contributed by atoms with Gasteiger partial charge in [0.25, 0.3) is 0 Å². The van der Waals surface area contributed by atoms with Crippen LogP contribution in [0.15, 0.2) is 0 Å². The first-order chi connectivity index (χ1) is 9.07. The Hall–Kier alpha value is -0.160. The highest BCUT2D eigenvalue weighted by Gasteiger charge is 2.46. The second-order valence-electron chi connectivity index (χ2n) is 6.59. The molecule has 0 bridgehead atoms. The first-order valence-electron chi connectivity index (χ1n) is 7.71. The Labute approximate surface area is 117 Å². The summed E-state index contributed by atoms with van der Waals surface area (Å²) in [5, 5.41) is 13.5. The van der Waals surface area contributed by atoms with Crippen LogP contribution in [0.4, 0.5) is 0 Å². The lowest BCUT2D eigenvalue weighted by molar-refractivity contribution is -0.0600. The smallest absolute Gasteiger partial charge is 0.0777 e. The molecule has 0 radical (unpaired) electrons. The van der Waals surface area contributed by atoms with E-state index in [4.69, 9.17) is 4.74 Å². The lowest BCUT2D eigenvalue weighted by Gasteiger charge is -2.44. The van der Waals surface area contributed by atoms with Gasteiger partial charge in [-0.2, -0.15) is 0 Å². The summed E-state index contributed by atoms with van der Waals surface area (Å²) >= 11 is 0. The van der Waals surface area contributed by atoms with Crippen LogP contribution in [0.25, 0.3) is 0 Å². The van der Waals surface area contributed by atoms with Crippen molar-refractivity contribution in [1.82, 2.24) is 10.2 Å². The van der Waals surface area contributed by atoms with E-state index in [-0.39, 0.29) is 17.7 Å². The zero-order valence-corrected chi connectivity index (χ0v) is 12.7. The molecule has 1 saturated carbocycles. The van der Waals surface area contributed by atoms with Gasteiger partial charge in [-0.15, -0.1) is 0 Å². The fourth-order valence-electron chi connectivity index (χ4n) is 3.56. The molecular formula is C15H30N2O2. The number of rotatable bonds is 7. The molecule has 2 fully saturated rings. The van der Waals surface area contributed by atoms with E-state index in [1.807, 2.05) is 7.11 Å². The second-order valence-corrected chi connectivity index (χ2v) is 6.59. The summed E-state index contributed by atoms with van der Waals surface area (Å²) in [6, 6.07) is 0. The van der Waals surface area contributed by atoms with Crippen LogP contribution in [-0.4, -0.2) is 61.0 Å². The third kappa shape index (κ3) is 3.48. The first kappa shape index (κ1) is 15.2. The quantitative estimate of drug-likeness (QED) is 0.730. The number of aliphatic hydroxyl groups is 1. The number of likely N-dealkylation sites (tertiary alicyclic amines) is 1. The molecule has 0 aromatic carbocycles.